The average molecular weight is 288 g/mol. The van der Waals surface area contributed by atoms with Gasteiger partial charge in [0.25, 0.3) is 0 Å². The van der Waals surface area contributed by atoms with E-state index in [0.717, 1.165) is 5.56 Å². The van der Waals surface area contributed by atoms with E-state index in [2.05, 4.69) is 9.97 Å². The molecule has 0 saturated carbocycles. The van der Waals surface area contributed by atoms with Gasteiger partial charge in [0.1, 0.15) is 5.69 Å². The van der Waals surface area contributed by atoms with E-state index in [9.17, 15) is 13.2 Å². The molecule has 0 N–H and O–H groups in total. The fourth-order valence-corrected chi connectivity index (χ4v) is 2.11. The van der Waals surface area contributed by atoms with Crippen molar-refractivity contribution in [3.05, 3.63) is 59.8 Å². The van der Waals surface area contributed by atoms with Crippen molar-refractivity contribution in [1.29, 1.82) is 0 Å². The van der Waals surface area contributed by atoms with E-state index in [0.29, 0.717) is 11.1 Å². The second-order valence-electron chi connectivity index (χ2n) is 4.77. The van der Waals surface area contributed by atoms with Gasteiger partial charge in [0.2, 0.25) is 0 Å². The molecule has 0 saturated heterocycles. The fourth-order valence-electron chi connectivity index (χ4n) is 2.11. The molecule has 1 heterocycles. The maximum atomic E-state index is 13.2. The van der Waals surface area contributed by atoms with Crippen LogP contribution in [0.3, 0.4) is 0 Å². The van der Waals surface area contributed by atoms with Crippen molar-refractivity contribution in [2.24, 2.45) is 0 Å². The fraction of sp³-hybridized carbons (Fsp3) is 0.125. The van der Waals surface area contributed by atoms with Crippen LogP contribution in [0.25, 0.3) is 22.3 Å². The van der Waals surface area contributed by atoms with Crippen LogP contribution in [0.15, 0.2) is 48.5 Å². The molecule has 1 aromatic heterocycles. The Morgan fingerprint density at radius 3 is 1.95 bits per heavy atom. The van der Waals surface area contributed by atoms with Crippen molar-refractivity contribution in [2.75, 3.05) is 0 Å². The van der Waals surface area contributed by atoms with Gasteiger partial charge >= 0.3 is 6.18 Å². The van der Waals surface area contributed by atoms with Gasteiger partial charge in [-0.3, -0.25) is 0 Å². The smallest absolute Gasteiger partial charge is 0.244 e. The maximum absolute atomic E-state index is 13.2. The Hall–Kier alpha value is -2.43. The van der Waals surface area contributed by atoms with Crippen LogP contribution < -0.4 is 0 Å². The summed E-state index contributed by atoms with van der Waals surface area (Å²) >= 11 is 0. The second-order valence-corrected chi connectivity index (χ2v) is 4.77. The number of hydrogen-bond acceptors (Lipinski definition) is 2. The van der Waals surface area contributed by atoms with E-state index in [4.69, 9.17) is 0 Å². The van der Waals surface area contributed by atoms with Gasteiger partial charge in [0.05, 0.1) is 11.0 Å². The Bertz CT molecular complexity index is 793. The number of hydrogen-bond donors (Lipinski definition) is 0. The minimum absolute atomic E-state index is 0.138. The number of nitrogens with zero attached hydrogens (tertiary/aromatic N) is 2. The van der Waals surface area contributed by atoms with Gasteiger partial charge < -0.3 is 0 Å². The highest BCUT2D eigenvalue weighted by Gasteiger charge is 2.37. The van der Waals surface area contributed by atoms with Gasteiger partial charge in [0, 0.05) is 5.56 Å². The third kappa shape index (κ3) is 2.59. The molecular formula is C16H11F3N2. The summed E-state index contributed by atoms with van der Waals surface area (Å²) < 4.78 is 39.7. The lowest BCUT2D eigenvalue weighted by atomic mass is 10.1. The number of halogens is 3. The first-order chi connectivity index (χ1) is 9.95. The quantitative estimate of drug-likeness (QED) is 0.652. The molecule has 106 valence electrons. The molecule has 2 nitrogen and oxygen atoms in total. The minimum Gasteiger partial charge on any atom is -0.244 e. The topological polar surface area (TPSA) is 25.8 Å². The summed E-state index contributed by atoms with van der Waals surface area (Å²) in [5, 5.41) is 0. The van der Waals surface area contributed by atoms with Gasteiger partial charge in [0.15, 0.2) is 5.69 Å². The SMILES string of the molecule is Cc1ccc(-c2nc3ccccc3nc2C(F)(F)F)cc1. The summed E-state index contributed by atoms with van der Waals surface area (Å²) in [4.78, 5) is 7.92. The van der Waals surface area contributed by atoms with Crippen LogP contribution in [0.2, 0.25) is 0 Å². The zero-order valence-electron chi connectivity index (χ0n) is 11.1. The molecule has 0 aliphatic carbocycles. The molecule has 0 aliphatic rings. The van der Waals surface area contributed by atoms with Crippen LogP contribution in [-0.4, -0.2) is 9.97 Å². The Morgan fingerprint density at radius 1 is 0.810 bits per heavy atom. The molecule has 0 fully saturated rings. The zero-order valence-corrected chi connectivity index (χ0v) is 11.1. The van der Waals surface area contributed by atoms with Crippen LogP contribution in [0.1, 0.15) is 11.3 Å². The number of alkyl halides is 3. The Labute approximate surface area is 119 Å². The van der Waals surface area contributed by atoms with E-state index >= 15 is 0 Å². The standard InChI is InChI=1S/C16H11F3N2/c1-10-6-8-11(9-7-10)14-15(16(17,18)19)21-13-5-3-2-4-12(13)20-14/h2-9H,1H3. The Morgan fingerprint density at radius 2 is 1.38 bits per heavy atom. The third-order valence-corrected chi connectivity index (χ3v) is 3.16. The van der Waals surface area contributed by atoms with E-state index in [1.165, 1.54) is 6.07 Å². The van der Waals surface area contributed by atoms with Crippen LogP contribution in [0.4, 0.5) is 13.2 Å². The van der Waals surface area contributed by atoms with Crippen molar-refractivity contribution >= 4 is 11.0 Å². The van der Waals surface area contributed by atoms with Crippen molar-refractivity contribution < 1.29 is 13.2 Å². The van der Waals surface area contributed by atoms with Crippen LogP contribution in [-0.2, 0) is 6.18 Å². The molecule has 2 aromatic carbocycles. The minimum atomic E-state index is -4.54. The molecule has 3 aromatic rings. The Kier molecular flexibility index (Phi) is 3.12. The summed E-state index contributed by atoms with van der Waals surface area (Å²) in [5.74, 6) is 0. The van der Waals surface area contributed by atoms with Crippen molar-refractivity contribution in [1.82, 2.24) is 9.97 Å². The highest BCUT2D eigenvalue weighted by atomic mass is 19.4. The number of rotatable bonds is 1. The number of para-hydroxylation sites is 2. The van der Waals surface area contributed by atoms with Gasteiger partial charge in [-0.05, 0) is 19.1 Å². The lowest BCUT2D eigenvalue weighted by Crippen LogP contribution is -2.12. The summed E-state index contributed by atoms with van der Waals surface area (Å²) in [5.41, 5.74) is 0.972. The van der Waals surface area contributed by atoms with Gasteiger partial charge in [-0.15, -0.1) is 0 Å². The second kappa shape index (κ2) is 4.84. The predicted octanol–water partition coefficient (Wildman–Crippen LogP) is 4.62. The highest BCUT2D eigenvalue weighted by molar-refractivity contribution is 5.78. The molecule has 0 amide bonds. The summed E-state index contributed by atoms with van der Waals surface area (Å²) in [6, 6.07) is 13.3. The molecule has 0 radical (unpaired) electrons. The molecule has 0 spiro atoms. The molecule has 0 aliphatic heterocycles. The first kappa shape index (κ1) is 13.5. The van der Waals surface area contributed by atoms with Crippen LogP contribution in [0.5, 0.6) is 0 Å². The largest absolute Gasteiger partial charge is 0.435 e. The van der Waals surface area contributed by atoms with Crippen molar-refractivity contribution in [2.45, 2.75) is 13.1 Å². The molecule has 21 heavy (non-hydrogen) atoms. The summed E-state index contributed by atoms with van der Waals surface area (Å²) in [6.07, 6.45) is -4.54. The zero-order chi connectivity index (χ0) is 15.0. The first-order valence-corrected chi connectivity index (χ1v) is 6.36. The normalized spacial score (nSPS) is 11.8. The van der Waals surface area contributed by atoms with Crippen LogP contribution in [0, 0.1) is 6.92 Å². The lowest BCUT2D eigenvalue weighted by molar-refractivity contribution is -0.140. The predicted molar refractivity (Wildman–Crippen MR) is 74.7 cm³/mol. The molecule has 0 bridgehead atoms. The molecule has 5 heteroatoms. The maximum Gasteiger partial charge on any atom is 0.435 e. The highest BCUT2D eigenvalue weighted by Crippen LogP contribution is 2.35. The van der Waals surface area contributed by atoms with Gasteiger partial charge in [-0.25, -0.2) is 9.97 Å². The number of fused-ring (bicyclic) bond motifs is 1. The van der Waals surface area contributed by atoms with Crippen molar-refractivity contribution in [3.8, 4) is 11.3 Å². The molecular weight excluding hydrogens is 277 g/mol. The average Bonchev–Trinajstić information content (AvgIpc) is 2.46. The van der Waals surface area contributed by atoms with E-state index in [-0.39, 0.29) is 11.2 Å². The molecule has 0 atom stereocenters. The van der Waals surface area contributed by atoms with E-state index in [1.807, 2.05) is 6.92 Å². The number of benzene rings is 2. The summed E-state index contributed by atoms with van der Waals surface area (Å²) in [6.45, 7) is 1.88. The van der Waals surface area contributed by atoms with Crippen molar-refractivity contribution in [3.63, 3.8) is 0 Å². The van der Waals surface area contributed by atoms with Gasteiger partial charge in [-0.2, -0.15) is 13.2 Å². The Balaban J connectivity index is 2.30. The first-order valence-electron chi connectivity index (χ1n) is 6.36. The van der Waals surface area contributed by atoms with E-state index in [1.54, 1.807) is 42.5 Å². The number of aryl methyl sites for hydroxylation is 1. The summed E-state index contributed by atoms with van der Waals surface area (Å²) in [7, 11) is 0. The molecule has 0 unspecified atom stereocenters. The lowest BCUT2D eigenvalue weighted by Gasteiger charge is -2.12. The monoisotopic (exact) mass is 288 g/mol. The van der Waals surface area contributed by atoms with E-state index < -0.39 is 11.9 Å². The third-order valence-electron chi connectivity index (χ3n) is 3.16. The van der Waals surface area contributed by atoms with Crippen LogP contribution >= 0.6 is 0 Å². The van der Waals surface area contributed by atoms with Gasteiger partial charge in [-0.1, -0.05) is 42.0 Å². The molecule has 3 rings (SSSR count). The number of aromatic nitrogens is 2.